The number of hydrogen-bond donors (Lipinski definition) is 2. The molecule has 1 fully saturated rings. The summed E-state index contributed by atoms with van der Waals surface area (Å²) in [6.07, 6.45) is 4.28. The first-order chi connectivity index (χ1) is 10.3. The lowest BCUT2D eigenvalue weighted by Gasteiger charge is -2.32. The Hall–Kier alpha value is -2.26. The van der Waals surface area contributed by atoms with Crippen LogP contribution in [0.4, 0.5) is 0 Å². The Labute approximate surface area is 123 Å². The molecule has 106 valence electrons. The van der Waals surface area contributed by atoms with Crippen molar-refractivity contribution >= 4 is 10.9 Å². The van der Waals surface area contributed by atoms with Crippen molar-refractivity contribution < 1.29 is 4.74 Å². The van der Waals surface area contributed by atoms with Crippen LogP contribution in [-0.4, -0.2) is 11.0 Å². The average Bonchev–Trinajstić information content (AvgIpc) is 2.88. The monoisotopic (exact) mass is 278 g/mol. The van der Waals surface area contributed by atoms with Crippen LogP contribution in [0.3, 0.4) is 0 Å². The molecule has 0 atom stereocenters. The lowest BCUT2D eigenvalue weighted by molar-refractivity contribution is 0.353. The maximum atomic E-state index is 5.92. The molecule has 0 amide bonds. The van der Waals surface area contributed by atoms with E-state index < -0.39 is 0 Å². The van der Waals surface area contributed by atoms with E-state index in [9.17, 15) is 0 Å². The van der Waals surface area contributed by atoms with Crippen molar-refractivity contribution in [1.82, 2.24) is 4.98 Å². The van der Waals surface area contributed by atoms with Gasteiger partial charge in [0.2, 0.25) is 0 Å². The summed E-state index contributed by atoms with van der Waals surface area (Å²) in [6, 6.07) is 16.4. The van der Waals surface area contributed by atoms with Crippen molar-refractivity contribution in [2.45, 2.75) is 24.8 Å². The van der Waals surface area contributed by atoms with Crippen molar-refractivity contribution in [2.75, 3.05) is 0 Å². The zero-order valence-corrected chi connectivity index (χ0v) is 11.8. The van der Waals surface area contributed by atoms with Crippen LogP contribution in [0.5, 0.6) is 11.5 Å². The molecule has 3 aromatic rings. The fourth-order valence-electron chi connectivity index (χ4n) is 3.06. The molecule has 0 bridgehead atoms. The van der Waals surface area contributed by atoms with E-state index in [-0.39, 0.29) is 0 Å². The second-order valence-electron chi connectivity index (χ2n) is 5.79. The molecule has 3 N–H and O–H groups in total. The Morgan fingerprint density at radius 3 is 2.57 bits per heavy atom. The third kappa shape index (κ3) is 2.30. The molecule has 0 radical (unpaired) electrons. The molecule has 1 aliphatic carbocycles. The molecule has 0 saturated heterocycles. The maximum Gasteiger partial charge on any atom is 0.128 e. The van der Waals surface area contributed by atoms with Gasteiger partial charge in [-0.1, -0.05) is 18.2 Å². The third-order valence-corrected chi connectivity index (χ3v) is 4.28. The van der Waals surface area contributed by atoms with Gasteiger partial charge < -0.3 is 15.5 Å². The van der Waals surface area contributed by atoms with E-state index in [1.165, 1.54) is 10.9 Å². The average molecular weight is 278 g/mol. The zero-order chi connectivity index (χ0) is 14.2. The lowest BCUT2D eigenvalue weighted by Crippen LogP contribution is -2.34. The number of benzene rings is 2. The Morgan fingerprint density at radius 2 is 1.81 bits per heavy atom. The number of para-hydroxylation sites is 1. The highest BCUT2D eigenvalue weighted by Gasteiger charge is 2.29. The highest BCUT2D eigenvalue weighted by molar-refractivity contribution is 5.85. The summed E-state index contributed by atoms with van der Waals surface area (Å²) in [5, 5.41) is 1.25. The Morgan fingerprint density at radius 1 is 1.00 bits per heavy atom. The van der Waals surface area contributed by atoms with Crippen LogP contribution in [0.1, 0.15) is 24.3 Å². The molecular weight excluding hydrogens is 260 g/mol. The summed E-state index contributed by atoms with van der Waals surface area (Å²) in [5.41, 5.74) is 8.44. The zero-order valence-electron chi connectivity index (χ0n) is 11.8. The number of aromatic amines is 1. The highest BCUT2D eigenvalue weighted by atomic mass is 16.5. The number of aromatic nitrogens is 1. The number of fused-ring (bicyclic) bond motifs is 1. The van der Waals surface area contributed by atoms with E-state index >= 15 is 0 Å². The number of nitrogens with two attached hydrogens (primary N) is 1. The van der Waals surface area contributed by atoms with Crippen LogP contribution < -0.4 is 10.5 Å². The molecular formula is C18H18N2O. The van der Waals surface area contributed by atoms with Crippen molar-refractivity contribution in [3.05, 3.63) is 60.3 Å². The molecule has 1 heterocycles. The number of nitrogens with one attached hydrogen (secondary N) is 1. The molecule has 4 rings (SSSR count). The summed E-state index contributed by atoms with van der Waals surface area (Å²) in [5.74, 6) is 2.32. The van der Waals surface area contributed by atoms with Crippen LogP contribution >= 0.6 is 0 Å². The van der Waals surface area contributed by atoms with Gasteiger partial charge in [-0.15, -0.1) is 0 Å². The second-order valence-corrected chi connectivity index (χ2v) is 5.79. The van der Waals surface area contributed by atoms with Gasteiger partial charge in [0, 0.05) is 23.1 Å². The quantitative estimate of drug-likeness (QED) is 0.755. The minimum Gasteiger partial charge on any atom is -0.457 e. The minimum absolute atomic E-state index is 0.365. The van der Waals surface area contributed by atoms with Gasteiger partial charge in [0.25, 0.3) is 0 Å². The first-order valence-corrected chi connectivity index (χ1v) is 7.39. The number of hydrogen-bond acceptors (Lipinski definition) is 2. The summed E-state index contributed by atoms with van der Waals surface area (Å²) in [4.78, 5) is 3.35. The van der Waals surface area contributed by atoms with E-state index in [0.29, 0.717) is 12.0 Å². The Kier molecular flexibility index (Phi) is 2.93. The molecule has 0 spiro atoms. The van der Waals surface area contributed by atoms with Gasteiger partial charge in [-0.2, -0.15) is 0 Å². The van der Waals surface area contributed by atoms with Crippen LogP contribution in [0, 0.1) is 0 Å². The van der Waals surface area contributed by atoms with E-state index in [4.69, 9.17) is 10.5 Å². The molecule has 3 nitrogen and oxygen atoms in total. The van der Waals surface area contributed by atoms with Crippen molar-refractivity contribution in [3.8, 4) is 11.5 Å². The van der Waals surface area contributed by atoms with Gasteiger partial charge in [-0.05, 0) is 54.7 Å². The minimum atomic E-state index is 0.365. The first-order valence-electron chi connectivity index (χ1n) is 7.39. The van der Waals surface area contributed by atoms with E-state index in [1.54, 1.807) is 0 Å². The summed E-state index contributed by atoms with van der Waals surface area (Å²) >= 11 is 0. The van der Waals surface area contributed by atoms with Crippen LogP contribution in [-0.2, 0) is 0 Å². The molecule has 21 heavy (non-hydrogen) atoms. The predicted octanol–water partition coefficient (Wildman–Crippen LogP) is 4.16. The van der Waals surface area contributed by atoms with Gasteiger partial charge in [0.15, 0.2) is 0 Å². The lowest BCUT2D eigenvalue weighted by atomic mass is 9.76. The molecule has 1 aromatic heterocycles. The van der Waals surface area contributed by atoms with Gasteiger partial charge in [-0.25, -0.2) is 0 Å². The standard InChI is InChI=1S/C18H18N2O/c19-13-8-12(9-13)17-11-20-18-7-6-15(10-16(17)18)21-14-4-2-1-3-5-14/h1-7,10-13,20H,8-9,19H2. The Balaban J connectivity index is 1.67. The van der Waals surface area contributed by atoms with Crippen LogP contribution in [0.15, 0.2) is 54.7 Å². The normalized spacial score (nSPS) is 21.2. The van der Waals surface area contributed by atoms with E-state index in [2.05, 4.69) is 23.3 Å². The van der Waals surface area contributed by atoms with Crippen molar-refractivity contribution in [3.63, 3.8) is 0 Å². The Bertz CT molecular complexity index is 757. The van der Waals surface area contributed by atoms with Gasteiger partial charge in [0.1, 0.15) is 11.5 Å². The highest BCUT2D eigenvalue weighted by Crippen LogP contribution is 2.40. The van der Waals surface area contributed by atoms with E-state index in [0.717, 1.165) is 29.9 Å². The molecule has 1 aliphatic rings. The van der Waals surface area contributed by atoms with Crippen LogP contribution in [0.2, 0.25) is 0 Å². The van der Waals surface area contributed by atoms with Gasteiger partial charge in [0.05, 0.1) is 0 Å². The third-order valence-electron chi connectivity index (χ3n) is 4.28. The molecule has 0 aliphatic heterocycles. The summed E-state index contributed by atoms with van der Waals surface area (Å²) in [7, 11) is 0. The fourth-order valence-corrected chi connectivity index (χ4v) is 3.06. The molecule has 2 aromatic carbocycles. The smallest absolute Gasteiger partial charge is 0.128 e. The number of ether oxygens (including phenoxy) is 1. The molecule has 3 heteroatoms. The van der Waals surface area contributed by atoms with Crippen molar-refractivity contribution in [2.24, 2.45) is 5.73 Å². The van der Waals surface area contributed by atoms with Crippen LogP contribution in [0.25, 0.3) is 10.9 Å². The first kappa shape index (κ1) is 12.5. The molecule has 1 saturated carbocycles. The number of rotatable bonds is 3. The molecule has 0 unspecified atom stereocenters. The van der Waals surface area contributed by atoms with Gasteiger partial charge in [-0.3, -0.25) is 0 Å². The predicted molar refractivity (Wildman–Crippen MR) is 84.8 cm³/mol. The van der Waals surface area contributed by atoms with Crippen molar-refractivity contribution in [1.29, 1.82) is 0 Å². The van der Waals surface area contributed by atoms with Gasteiger partial charge >= 0.3 is 0 Å². The summed E-state index contributed by atoms with van der Waals surface area (Å²) in [6.45, 7) is 0. The largest absolute Gasteiger partial charge is 0.457 e. The maximum absolute atomic E-state index is 5.92. The summed E-state index contributed by atoms with van der Waals surface area (Å²) < 4.78 is 5.92. The SMILES string of the molecule is NC1CC(c2c[nH]c3ccc(Oc4ccccc4)cc23)C1. The second kappa shape index (κ2) is 4.93. The topological polar surface area (TPSA) is 51.0 Å². The fraction of sp³-hybridized carbons (Fsp3) is 0.222. The number of H-pyrrole nitrogens is 1. The van der Waals surface area contributed by atoms with E-state index in [1.807, 2.05) is 36.4 Å².